The van der Waals surface area contributed by atoms with Gasteiger partial charge >= 0.3 is 0 Å². The van der Waals surface area contributed by atoms with E-state index < -0.39 is 10.8 Å². The Hall–Kier alpha value is -3.23. The maximum atomic E-state index is 12.8. The normalized spacial score (nSPS) is 10.8. The molecule has 4 aromatic carbocycles. The van der Waals surface area contributed by atoms with E-state index in [0.717, 1.165) is 23.8 Å². The SMILES string of the molecule is O=C(N/N=C/c1cc(I)c(OCc2ccc([N+](=O)[O-])cc2)c(I)c1)c1ccccc1OCc1ccccc1Cl. The fourth-order valence-electron chi connectivity index (χ4n) is 3.44. The third-order valence-corrected chi connectivity index (χ3v) is 7.37. The number of nitrogens with one attached hydrogen (secondary N) is 1. The molecule has 1 N–H and O–H groups in total. The lowest BCUT2D eigenvalue weighted by Crippen LogP contribution is -2.18. The molecule has 0 bridgehead atoms. The van der Waals surface area contributed by atoms with Crippen molar-refractivity contribution < 1.29 is 19.2 Å². The van der Waals surface area contributed by atoms with Crippen molar-refractivity contribution in [2.45, 2.75) is 13.2 Å². The molecule has 0 atom stereocenters. The summed E-state index contributed by atoms with van der Waals surface area (Å²) in [7, 11) is 0. The van der Waals surface area contributed by atoms with Crippen LogP contribution in [0.25, 0.3) is 0 Å². The Morgan fingerprint density at radius 1 is 0.949 bits per heavy atom. The minimum atomic E-state index is -0.436. The highest BCUT2D eigenvalue weighted by molar-refractivity contribution is 14.1. The Kier molecular flexibility index (Phi) is 10.1. The number of amides is 1. The standard InChI is InChI=1S/C28H20ClI2N3O5/c29-23-7-3-1-5-20(23)17-38-26-8-4-2-6-22(26)28(35)33-32-15-19-13-24(30)27(25(31)14-19)39-16-18-9-11-21(12-10-18)34(36)37/h1-15H,16-17H2,(H,33,35)/b32-15+. The van der Waals surface area contributed by atoms with E-state index in [9.17, 15) is 14.9 Å². The van der Waals surface area contributed by atoms with Crippen LogP contribution < -0.4 is 14.9 Å². The van der Waals surface area contributed by atoms with Crippen LogP contribution in [0, 0.1) is 17.3 Å². The fraction of sp³-hybridized carbons (Fsp3) is 0.0714. The second kappa shape index (κ2) is 13.7. The molecule has 4 aromatic rings. The predicted octanol–water partition coefficient (Wildman–Crippen LogP) is 7.38. The number of non-ortho nitro benzene ring substituents is 1. The number of ether oxygens (including phenoxy) is 2. The second-order valence-electron chi connectivity index (χ2n) is 8.10. The zero-order chi connectivity index (χ0) is 27.8. The van der Waals surface area contributed by atoms with Crippen molar-refractivity contribution in [1.82, 2.24) is 5.43 Å². The minimum absolute atomic E-state index is 0.0340. The van der Waals surface area contributed by atoms with Crippen molar-refractivity contribution in [2.24, 2.45) is 5.10 Å². The van der Waals surface area contributed by atoms with Gasteiger partial charge in [0.1, 0.15) is 24.7 Å². The number of nitro benzene ring substituents is 1. The summed E-state index contributed by atoms with van der Waals surface area (Å²) in [6, 6.07) is 24.3. The van der Waals surface area contributed by atoms with E-state index in [1.165, 1.54) is 12.1 Å². The molecule has 0 aliphatic carbocycles. The van der Waals surface area contributed by atoms with Crippen molar-refractivity contribution in [1.29, 1.82) is 0 Å². The van der Waals surface area contributed by atoms with Crippen LogP contribution in [0.15, 0.2) is 90.0 Å². The van der Waals surface area contributed by atoms with Gasteiger partial charge in [0.15, 0.2) is 0 Å². The molecular formula is C28H20ClI2N3O5. The maximum absolute atomic E-state index is 12.8. The average molecular weight is 768 g/mol. The number of hydrogen-bond acceptors (Lipinski definition) is 6. The molecule has 0 fully saturated rings. The Morgan fingerprint density at radius 2 is 1.62 bits per heavy atom. The lowest BCUT2D eigenvalue weighted by atomic mass is 10.2. The van der Waals surface area contributed by atoms with Gasteiger partial charge in [-0.1, -0.05) is 41.9 Å². The van der Waals surface area contributed by atoms with Crippen LogP contribution in [0.5, 0.6) is 11.5 Å². The van der Waals surface area contributed by atoms with Crippen LogP contribution >= 0.6 is 56.8 Å². The van der Waals surface area contributed by atoms with Crippen LogP contribution in [-0.4, -0.2) is 17.0 Å². The minimum Gasteiger partial charge on any atom is -0.488 e. The van der Waals surface area contributed by atoms with Crippen LogP contribution in [0.4, 0.5) is 5.69 Å². The first-order chi connectivity index (χ1) is 18.8. The van der Waals surface area contributed by atoms with Gasteiger partial charge in [0.2, 0.25) is 0 Å². The number of nitro groups is 1. The molecule has 0 saturated heterocycles. The monoisotopic (exact) mass is 767 g/mol. The van der Waals surface area contributed by atoms with Crippen molar-refractivity contribution in [2.75, 3.05) is 0 Å². The topological polar surface area (TPSA) is 103 Å². The quantitative estimate of drug-likeness (QED) is 0.0786. The largest absolute Gasteiger partial charge is 0.488 e. The average Bonchev–Trinajstić information content (AvgIpc) is 2.92. The zero-order valence-electron chi connectivity index (χ0n) is 20.1. The lowest BCUT2D eigenvalue weighted by molar-refractivity contribution is -0.384. The van der Waals surface area contributed by atoms with Gasteiger partial charge in [-0.25, -0.2) is 5.43 Å². The third kappa shape index (κ3) is 7.90. The smallest absolute Gasteiger partial charge is 0.275 e. The highest BCUT2D eigenvalue weighted by atomic mass is 127. The summed E-state index contributed by atoms with van der Waals surface area (Å²) >= 11 is 10.5. The predicted molar refractivity (Wildman–Crippen MR) is 167 cm³/mol. The number of hydrazone groups is 1. The zero-order valence-corrected chi connectivity index (χ0v) is 25.2. The van der Waals surface area contributed by atoms with Crippen molar-refractivity contribution in [3.8, 4) is 11.5 Å². The Morgan fingerprint density at radius 3 is 2.31 bits per heavy atom. The van der Waals surface area contributed by atoms with Gasteiger partial charge in [0.05, 0.1) is 23.8 Å². The third-order valence-electron chi connectivity index (χ3n) is 5.40. The van der Waals surface area contributed by atoms with E-state index in [4.69, 9.17) is 21.1 Å². The summed E-state index contributed by atoms with van der Waals surface area (Å²) in [6.07, 6.45) is 1.55. The molecule has 198 valence electrons. The van der Waals surface area contributed by atoms with Crippen molar-refractivity contribution in [3.63, 3.8) is 0 Å². The summed E-state index contributed by atoms with van der Waals surface area (Å²) in [6.45, 7) is 0.494. The van der Waals surface area contributed by atoms with Gasteiger partial charge in [-0.05, 0) is 98.8 Å². The first kappa shape index (κ1) is 28.8. The molecule has 0 unspecified atom stereocenters. The Labute approximate surface area is 256 Å². The van der Waals surface area contributed by atoms with E-state index >= 15 is 0 Å². The van der Waals surface area contributed by atoms with E-state index in [1.54, 1.807) is 48.7 Å². The van der Waals surface area contributed by atoms with Gasteiger partial charge in [-0.3, -0.25) is 14.9 Å². The lowest BCUT2D eigenvalue weighted by Gasteiger charge is -2.12. The molecular weight excluding hydrogens is 748 g/mol. The number of halogens is 3. The van der Waals surface area contributed by atoms with Gasteiger partial charge in [0, 0.05) is 22.7 Å². The molecule has 39 heavy (non-hydrogen) atoms. The molecule has 0 saturated carbocycles. The first-order valence-corrected chi connectivity index (χ1v) is 14.0. The number of rotatable bonds is 10. The van der Waals surface area contributed by atoms with Crippen LogP contribution in [0.2, 0.25) is 5.02 Å². The number of benzene rings is 4. The molecule has 1 amide bonds. The molecule has 0 radical (unpaired) electrons. The molecule has 11 heteroatoms. The molecule has 0 spiro atoms. The summed E-state index contributed by atoms with van der Waals surface area (Å²) in [5.74, 6) is 0.706. The molecule has 4 rings (SSSR count). The fourth-order valence-corrected chi connectivity index (χ4v) is 5.76. The van der Waals surface area contributed by atoms with Gasteiger partial charge in [0.25, 0.3) is 11.6 Å². The summed E-state index contributed by atoms with van der Waals surface area (Å²) in [5.41, 5.74) is 5.34. The maximum Gasteiger partial charge on any atom is 0.275 e. The molecule has 0 aliphatic heterocycles. The van der Waals surface area contributed by atoms with E-state index in [-0.39, 0.29) is 18.9 Å². The van der Waals surface area contributed by atoms with Crippen LogP contribution in [0.3, 0.4) is 0 Å². The van der Waals surface area contributed by atoms with E-state index in [1.807, 2.05) is 30.3 Å². The van der Waals surface area contributed by atoms with Gasteiger partial charge in [-0.15, -0.1) is 0 Å². The molecule has 0 heterocycles. The number of hydrogen-bond donors (Lipinski definition) is 1. The molecule has 0 aromatic heterocycles. The van der Waals surface area contributed by atoms with Crippen LogP contribution in [0.1, 0.15) is 27.0 Å². The summed E-state index contributed by atoms with van der Waals surface area (Å²) in [5, 5.41) is 15.5. The summed E-state index contributed by atoms with van der Waals surface area (Å²) in [4.78, 5) is 23.2. The number of carbonyl (C=O) groups excluding carboxylic acids is 1. The van der Waals surface area contributed by atoms with Crippen molar-refractivity contribution >= 4 is 74.6 Å². The van der Waals surface area contributed by atoms with Crippen LogP contribution in [-0.2, 0) is 13.2 Å². The van der Waals surface area contributed by atoms with Gasteiger partial charge in [-0.2, -0.15) is 5.10 Å². The highest BCUT2D eigenvalue weighted by Crippen LogP contribution is 2.29. The second-order valence-corrected chi connectivity index (χ2v) is 10.8. The van der Waals surface area contributed by atoms with E-state index in [0.29, 0.717) is 22.1 Å². The Balaban J connectivity index is 1.37. The van der Waals surface area contributed by atoms with E-state index in [2.05, 4.69) is 55.7 Å². The number of nitrogens with zero attached hydrogens (tertiary/aromatic N) is 2. The molecule has 8 nitrogen and oxygen atoms in total. The number of carbonyl (C=O) groups is 1. The highest BCUT2D eigenvalue weighted by Gasteiger charge is 2.13. The summed E-state index contributed by atoms with van der Waals surface area (Å²) < 4.78 is 13.5. The van der Waals surface area contributed by atoms with Crippen molar-refractivity contribution in [3.05, 3.63) is 129 Å². The van der Waals surface area contributed by atoms with Gasteiger partial charge < -0.3 is 9.47 Å². The molecule has 0 aliphatic rings. The Bertz CT molecular complexity index is 1510. The first-order valence-electron chi connectivity index (χ1n) is 11.5. The number of para-hydroxylation sites is 1.